The van der Waals surface area contributed by atoms with Gasteiger partial charge in [0.15, 0.2) is 0 Å². The van der Waals surface area contributed by atoms with Gasteiger partial charge in [-0.15, -0.1) is 0 Å². The molecule has 1 N–H and O–H groups in total. The Balaban J connectivity index is 1.67. The molecule has 0 spiro atoms. The summed E-state index contributed by atoms with van der Waals surface area (Å²) in [5, 5.41) is 11.5. The van der Waals surface area contributed by atoms with Gasteiger partial charge in [-0.3, -0.25) is 14.9 Å². The van der Waals surface area contributed by atoms with Crippen molar-refractivity contribution in [2.75, 3.05) is 6.54 Å². The standard InChI is InChI=1S/C18H14FN3O3/c19-16-3-1-2-11-6-7-21(10-15(11)16)18(23)14-9-20-17-8-12(22(24)25)4-5-13(14)17/h1-5,8-9,20H,6-7,10H2. The van der Waals surface area contributed by atoms with Crippen molar-refractivity contribution in [1.29, 1.82) is 0 Å². The van der Waals surface area contributed by atoms with E-state index in [-0.39, 0.29) is 24.0 Å². The molecule has 2 aromatic carbocycles. The van der Waals surface area contributed by atoms with Crippen LogP contribution in [0.25, 0.3) is 10.9 Å². The van der Waals surface area contributed by atoms with Crippen LogP contribution in [0.1, 0.15) is 21.5 Å². The van der Waals surface area contributed by atoms with Crippen LogP contribution < -0.4 is 0 Å². The van der Waals surface area contributed by atoms with Gasteiger partial charge in [0, 0.05) is 42.4 Å². The lowest BCUT2D eigenvalue weighted by Crippen LogP contribution is -2.36. The molecule has 1 amide bonds. The van der Waals surface area contributed by atoms with Crippen LogP contribution in [0.3, 0.4) is 0 Å². The van der Waals surface area contributed by atoms with Crippen LogP contribution in [-0.4, -0.2) is 27.3 Å². The first kappa shape index (κ1) is 15.3. The minimum Gasteiger partial charge on any atom is -0.360 e. The molecule has 0 aliphatic carbocycles. The third kappa shape index (κ3) is 2.53. The molecule has 6 nitrogen and oxygen atoms in total. The lowest BCUT2D eigenvalue weighted by molar-refractivity contribution is -0.384. The van der Waals surface area contributed by atoms with Gasteiger partial charge in [0.2, 0.25) is 0 Å². The zero-order valence-corrected chi connectivity index (χ0v) is 13.2. The van der Waals surface area contributed by atoms with Crippen LogP contribution in [0.15, 0.2) is 42.6 Å². The number of fused-ring (bicyclic) bond motifs is 2. The number of nitro groups is 1. The van der Waals surface area contributed by atoms with Crippen molar-refractivity contribution in [2.45, 2.75) is 13.0 Å². The fourth-order valence-corrected chi connectivity index (χ4v) is 3.29. The van der Waals surface area contributed by atoms with Gasteiger partial charge in [-0.2, -0.15) is 0 Å². The molecular weight excluding hydrogens is 325 g/mol. The highest BCUT2D eigenvalue weighted by molar-refractivity contribution is 6.07. The van der Waals surface area contributed by atoms with Gasteiger partial charge in [0.1, 0.15) is 5.82 Å². The van der Waals surface area contributed by atoms with Gasteiger partial charge < -0.3 is 9.88 Å². The Morgan fingerprint density at radius 2 is 2.12 bits per heavy atom. The number of carbonyl (C=O) groups is 1. The number of benzene rings is 2. The fourth-order valence-electron chi connectivity index (χ4n) is 3.29. The molecule has 0 unspecified atom stereocenters. The first-order valence-electron chi connectivity index (χ1n) is 7.85. The van der Waals surface area contributed by atoms with E-state index in [0.717, 1.165) is 5.56 Å². The second-order valence-corrected chi connectivity index (χ2v) is 6.04. The first-order valence-corrected chi connectivity index (χ1v) is 7.85. The van der Waals surface area contributed by atoms with E-state index >= 15 is 0 Å². The number of halogens is 1. The summed E-state index contributed by atoms with van der Waals surface area (Å²) in [6.45, 7) is 0.732. The number of nitrogens with zero attached hydrogens (tertiary/aromatic N) is 2. The van der Waals surface area contributed by atoms with Gasteiger partial charge in [-0.1, -0.05) is 12.1 Å². The number of aromatic nitrogens is 1. The number of amides is 1. The van der Waals surface area contributed by atoms with Gasteiger partial charge in [0.25, 0.3) is 11.6 Å². The highest BCUT2D eigenvalue weighted by atomic mass is 19.1. The Morgan fingerprint density at radius 3 is 2.92 bits per heavy atom. The molecule has 0 radical (unpaired) electrons. The second kappa shape index (κ2) is 5.70. The van der Waals surface area contributed by atoms with E-state index in [1.165, 1.54) is 18.2 Å². The van der Waals surface area contributed by atoms with E-state index in [2.05, 4.69) is 4.98 Å². The van der Waals surface area contributed by atoms with Crippen LogP contribution in [-0.2, 0) is 13.0 Å². The molecule has 2 heterocycles. The largest absolute Gasteiger partial charge is 0.360 e. The molecular formula is C18H14FN3O3. The van der Waals surface area contributed by atoms with Crippen molar-refractivity contribution in [1.82, 2.24) is 9.88 Å². The third-order valence-corrected chi connectivity index (χ3v) is 4.61. The van der Waals surface area contributed by atoms with Crippen LogP contribution in [0, 0.1) is 15.9 Å². The molecule has 0 saturated heterocycles. The lowest BCUT2D eigenvalue weighted by atomic mass is 9.98. The average molecular weight is 339 g/mol. The summed E-state index contributed by atoms with van der Waals surface area (Å²) < 4.78 is 14.0. The second-order valence-electron chi connectivity index (χ2n) is 6.04. The molecule has 1 aromatic heterocycles. The summed E-state index contributed by atoms with van der Waals surface area (Å²) in [4.78, 5) is 27.8. The lowest BCUT2D eigenvalue weighted by Gasteiger charge is -2.29. The Bertz CT molecular complexity index is 1010. The van der Waals surface area contributed by atoms with E-state index in [4.69, 9.17) is 0 Å². The molecule has 3 aromatic rings. The minimum atomic E-state index is -0.480. The van der Waals surface area contributed by atoms with E-state index in [9.17, 15) is 19.3 Å². The highest BCUT2D eigenvalue weighted by Crippen LogP contribution is 2.27. The number of nitro benzene ring substituents is 1. The van der Waals surface area contributed by atoms with Crippen molar-refractivity contribution in [3.8, 4) is 0 Å². The topological polar surface area (TPSA) is 79.2 Å². The zero-order chi connectivity index (χ0) is 17.6. The number of H-pyrrole nitrogens is 1. The zero-order valence-electron chi connectivity index (χ0n) is 13.2. The number of rotatable bonds is 2. The maximum absolute atomic E-state index is 14.0. The summed E-state index contributed by atoms with van der Waals surface area (Å²) in [7, 11) is 0. The number of aromatic amines is 1. The van der Waals surface area contributed by atoms with Crippen LogP contribution >= 0.6 is 0 Å². The van der Waals surface area contributed by atoms with Crippen LogP contribution in [0.4, 0.5) is 10.1 Å². The highest BCUT2D eigenvalue weighted by Gasteiger charge is 2.25. The molecule has 7 heteroatoms. The molecule has 1 aliphatic rings. The van der Waals surface area contributed by atoms with Crippen LogP contribution in [0.2, 0.25) is 0 Å². The SMILES string of the molecule is O=C(c1c[nH]c2cc([N+](=O)[O-])ccc12)N1CCc2cccc(F)c2C1. The Hall–Kier alpha value is -3.22. The van der Waals surface area contributed by atoms with Crippen molar-refractivity contribution in [3.05, 3.63) is 75.2 Å². The summed E-state index contributed by atoms with van der Waals surface area (Å²) >= 11 is 0. The molecule has 0 fully saturated rings. The molecule has 1 aliphatic heterocycles. The number of non-ortho nitro benzene ring substituents is 1. The maximum Gasteiger partial charge on any atom is 0.271 e. The maximum atomic E-state index is 14.0. The number of hydrogen-bond donors (Lipinski definition) is 1. The van der Waals surface area contributed by atoms with Crippen molar-refractivity contribution < 1.29 is 14.1 Å². The molecule has 0 atom stereocenters. The van der Waals surface area contributed by atoms with E-state index in [1.807, 2.05) is 6.07 Å². The van der Waals surface area contributed by atoms with Crippen molar-refractivity contribution in [3.63, 3.8) is 0 Å². The van der Waals surface area contributed by atoms with E-state index < -0.39 is 4.92 Å². The van der Waals surface area contributed by atoms with Crippen LogP contribution in [0.5, 0.6) is 0 Å². The number of carbonyl (C=O) groups excluding carboxylic acids is 1. The van der Waals surface area contributed by atoms with Gasteiger partial charge >= 0.3 is 0 Å². The predicted molar refractivity (Wildman–Crippen MR) is 89.8 cm³/mol. The minimum absolute atomic E-state index is 0.0395. The number of nitrogens with one attached hydrogen (secondary N) is 1. The summed E-state index contributed by atoms with van der Waals surface area (Å²) in [5.74, 6) is -0.515. The Morgan fingerprint density at radius 1 is 1.28 bits per heavy atom. The monoisotopic (exact) mass is 339 g/mol. The van der Waals surface area contributed by atoms with Gasteiger partial charge in [-0.05, 0) is 24.1 Å². The van der Waals surface area contributed by atoms with E-state index in [1.54, 1.807) is 23.2 Å². The van der Waals surface area contributed by atoms with E-state index in [0.29, 0.717) is 35.0 Å². The molecule has 25 heavy (non-hydrogen) atoms. The Labute approximate surface area is 142 Å². The van der Waals surface area contributed by atoms with Crippen molar-refractivity contribution >= 4 is 22.5 Å². The predicted octanol–water partition coefficient (Wildman–Crippen LogP) is 3.41. The third-order valence-electron chi connectivity index (χ3n) is 4.61. The fraction of sp³-hybridized carbons (Fsp3) is 0.167. The Kier molecular flexibility index (Phi) is 3.49. The normalized spacial score (nSPS) is 13.7. The average Bonchev–Trinajstić information content (AvgIpc) is 3.04. The van der Waals surface area contributed by atoms with Gasteiger partial charge in [-0.25, -0.2) is 4.39 Å². The number of hydrogen-bond acceptors (Lipinski definition) is 3. The summed E-state index contributed by atoms with van der Waals surface area (Å²) in [5.41, 5.74) is 2.41. The molecule has 4 rings (SSSR count). The molecule has 0 saturated carbocycles. The van der Waals surface area contributed by atoms with Crippen molar-refractivity contribution in [2.24, 2.45) is 0 Å². The first-order chi connectivity index (χ1) is 12.0. The smallest absolute Gasteiger partial charge is 0.271 e. The quantitative estimate of drug-likeness (QED) is 0.574. The summed E-state index contributed by atoms with van der Waals surface area (Å²) in [6, 6.07) is 9.30. The molecule has 126 valence electrons. The van der Waals surface area contributed by atoms with Gasteiger partial charge in [0.05, 0.1) is 16.0 Å². The summed E-state index contributed by atoms with van der Waals surface area (Å²) in [6.07, 6.45) is 2.15. The molecule has 0 bridgehead atoms.